The molecule has 1 saturated heterocycles. The highest BCUT2D eigenvalue weighted by molar-refractivity contribution is 7.11. The van der Waals surface area contributed by atoms with Gasteiger partial charge in [0.2, 0.25) is 11.8 Å². The number of carbonyl (C=O) groups excluding carboxylic acids is 3. The van der Waals surface area contributed by atoms with E-state index in [1.165, 1.54) is 9.78 Å². The Kier molecular flexibility index (Phi) is 4.73. The number of aryl methyl sites for hydroxylation is 1. The molecule has 2 N–H and O–H groups in total. The molecule has 0 unspecified atom stereocenters. The highest BCUT2D eigenvalue weighted by atomic mass is 32.1. The molecule has 108 valence electrons. The summed E-state index contributed by atoms with van der Waals surface area (Å²) in [6, 6.07) is 3.55. The number of urea groups is 1. The highest BCUT2D eigenvalue weighted by Gasteiger charge is 2.24. The van der Waals surface area contributed by atoms with Crippen molar-refractivity contribution in [2.75, 3.05) is 13.1 Å². The second kappa shape index (κ2) is 6.51. The molecule has 1 fully saturated rings. The van der Waals surface area contributed by atoms with E-state index in [1.807, 2.05) is 6.07 Å². The number of thiophene rings is 1. The molecule has 2 heterocycles. The largest absolute Gasteiger partial charge is 0.350 e. The SMILES string of the molecule is CCc1ccc(CNC(=O)CN2CCC(=O)NC2=O)s1. The predicted octanol–water partition coefficient (Wildman–Crippen LogP) is 0.869. The van der Waals surface area contributed by atoms with Crippen LogP contribution in [-0.2, 0) is 22.6 Å². The lowest BCUT2D eigenvalue weighted by atomic mass is 10.3. The fraction of sp³-hybridized carbons (Fsp3) is 0.462. The standard InChI is InChI=1S/C13H17N3O3S/c1-2-9-3-4-10(20-9)7-14-12(18)8-16-6-5-11(17)15-13(16)19/h3-4H,2,5-8H2,1H3,(H,14,18)(H,15,17,19). The topological polar surface area (TPSA) is 78.5 Å². The Morgan fingerprint density at radius 2 is 2.15 bits per heavy atom. The zero-order valence-electron chi connectivity index (χ0n) is 11.3. The summed E-state index contributed by atoms with van der Waals surface area (Å²) in [5, 5.41) is 4.97. The minimum atomic E-state index is -0.499. The van der Waals surface area contributed by atoms with Crippen LogP contribution < -0.4 is 10.6 Å². The molecule has 0 bridgehead atoms. The van der Waals surface area contributed by atoms with E-state index in [2.05, 4.69) is 23.6 Å². The first-order chi connectivity index (χ1) is 9.58. The third-order valence-electron chi connectivity index (χ3n) is 3.00. The Bertz CT molecular complexity index is 527. The molecular weight excluding hydrogens is 278 g/mol. The summed E-state index contributed by atoms with van der Waals surface area (Å²) >= 11 is 1.67. The zero-order valence-corrected chi connectivity index (χ0v) is 12.1. The van der Waals surface area contributed by atoms with E-state index in [0.717, 1.165) is 11.3 Å². The van der Waals surface area contributed by atoms with E-state index < -0.39 is 6.03 Å². The van der Waals surface area contributed by atoms with Crippen molar-refractivity contribution in [1.82, 2.24) is 15.5 Å². The smallest absolute Gasteiger partial charge is 0.324 e. The number of carbonyl (C=O) groups is 3. The van der Waals surface area contributed by atoms with Gasteiger partial charge in [-0.1, -0.05) is 6.92 Å². The van der Waals surface area contributed by atoms with Gasteiger partial charge in [0.1, 0.15) is 6.54 Å². The molecule has 0 saturated carbocycles. The average molecular weight is 295 g/mol. The van der Waals surface area contributed by atoms with Gasteiger partial charge in [-0.2, -0.15) is 0 Å². The van der Waals surface area contributed by atoms with E-state index in [-0.39, 0.29) is 31.3 Å². The maximum atomic E-state index is 11.8. The number of imide groups is 1. The summed E-state index contributed by atoms with van der Waals surface area (Å²) in [4.78, 5) is 37.9. The van der Waals surface area contributed by atoms with Gasteiger partial charge in [0.25, 0.3) is 0 Å². The lowest BCUT2D eigenvalue weighted by Gasteiger charge is -2.25. The van der Waals surface area contributed by atoms with Gasteiger partial charge in [-0.05, 0) is 18.6 Å². The summed E-state index contributed by atoms with van der Waals surface area (Å²) in [5.74, 6) is -0.515. The van der Waals surface area contributed by atoms with Gasteiger partial charge < -0.3 is 10.2 Å². The maximum absolute atomic E-state index is 11.8. The Morgan fingerprint density at radius 1 is 1.40 bits per heavy atom. The summed E-state index contributed by atoms with van der Waals surface area (Å²) in [5.41, 5.74) is 0. The number of amides is 4. The normalized spacial score (nSPS) is 15.2. The van der Waals surface area contributed by atoms with Crippen LogP contribution in [0.5, 0.6) is 0 Å². The molecule has 0 radical (unpaired) electrons. The minimum absolute atomic E-state index is 0.0227. The first-order valence-corrected chi connectivity index (χ1v) is 7.33. The zero-order chi connectivity index (χ0) is 14.5. The van der Waals surface area contributed by atoms with Crippen LogP contribution in [0.1, 0.15) is 23.1 Å². The molecule has 1 aliphatic heterocycles. The molecule has 6 nitrogen and oxygen atoms in total. The van der Waals surface area contributed by atoms with Crippen molar-refractivity contribution in [2.45, 2.75) is 26.3 Å². The molecular formula is C13H17N3O3S. The van der Waals surface area contributed by atoms with Crippen LogP contribution in [0, 0.1) is 0 Å². The molecule has 0 spiro atoms. The number of hydrogen-bond acceptors (Lipinski definition) is 4. The molecule has 7 heteroatoms. The van der Waals surface area contributed by atoms with Crippen LogP contribution in [-0.4, -0.2) is 35.8 Å². The molecule has 0 aliphatic carbocycles. The van der Waals surface area contributed by atoms with Gasteiger partial charge >= 0.3 is 6.03 Å². The first-order valence-electron chi connectivity index (χ1n) is 6.51. The van der Waals surface area contributed by atoms with Gasteiger partial charge in [0.15, 0.2) is 0 Å². The highest BCUT2D eigenvalue weighted by Crippen LogP contribution is 2.16. The third-order valence-corrected chi connectivity index (χ3v) is 4.23. The molecule has 1 aromatic heterocycles. The quantitative estimate of drug-likeness (QED) is 0.846. The Balaban J connectivity index is 1.77. The summed E-state index contributed by atoms with van der Waals surface area (Å²) < 4.78 is 0. The van der Waals surface area contributed by atoms with Crippen molar-refractivity contribution >= 4 is 29.2 Å². The summed E-state index contributed by atoms with van der Waals surface area (Å²) in [6.45, 7) is 2.82. The molecule has 0 aromatic carbocycles. The van der Waals surface area contributed by atoms with Crippen molar-refractivity contribution in [3.63, 3.8) is 0 Å². The number of nitrogens with one attached hydrogen (secondary N) is 2. The van der Waals surface area contributed by atoms with Gasteiger partial charge in [-0.3, -0.25) is 14.9 Å². The molecule has 20 heavy (non-hydrogen) atoms. The third kappa shape index (κ3) is 3.80. The van der Waals surface area contributed by atoms with Crippen molar-refractivity contribution in [1.29, 1.82) is 0 Å². The second-order valence-corrected chi connectivity index (χ2v) is 5.78. The molecule has 0 atom stereocenters. The minimum Gasteiger partial charge on any atom is -0.350 e. The van der Waals surface area contributed by atoms with Crippen LogP contribution >= 0.6 is 11.3 Å². The predicted molar refractivity (Wildman–Crippen MR) is 75.3 cm³/mol. The van der Waals surface area contributed by atoms with Crippen LogP contribution in [0.2, 0.25) is 0 Å². The van der Waals surface area contributed by atoms with Crippen molar-refractivity contribution in [2.24, 2.45) is 0 Å². The number of rotatable bonds is 5. The number of nitrogens with zero attached hydrogens (tertiary/aromatic N) is 1. The van der Waals surface area contributed by atoms with Gasteiger partial charge in [-0.15, -0.1) is 11.3 Å². The van der Waals surface area contributed by atoms with Crippen LogP contribution in [0.3, 0.4) is 0 Å². The van der Waals surface area contributed by atoms with E-state index in [0.29, 0.717) is 6.54 Å². The van der Waals surface area contributed by atoms with Crippen molar-refractivity contribution in [3.8, 4) is 0 Å². The average Bonchev–Trinajstić information content (AvgIpc) is 2.88. The molecule has 2 rings (SSSR count). The van der Waals surface area contributed by atoms with E-state index in [9.17, 15) is 14.4 Å². The fourth-order valence-corrected chi connectivity index (χ4v) is 2.77. The maximum Gasteiger partial charge on any atom is 0.324 e. The van der Waals surface area contributed by atoms with Crippen molar-refractivity contribution in [3.05, 3.63) is 21.9 Å². The second-order valence-electron chi connectivity index (χ2n) is 4.52. The number of hydrogen-bond donors (Lipinski definition) is 2. The van der Waals surface area contributed by atoms with E-state index in [1.54, 1.807) is 11.3 Å². The lowest BCUT2D eigenvalue weighted by Crippen LogP contribution is -2.52. The Morgan fingerprint density at radius 3 is 2.80 bits per heavy atom. The summed E-state index contributed by atoms with van der Waals surface area (Å²) in [7, 11) is 0. The fourth-order valence-electron chi connectivity index (χ4n) is 1.87. The van der Waals surface area contributed by atoms with E-state index in [4.69, 9.17) is 0 Å². The summed E-state index contributed by atoms with van der Waals surface area (Å²) in [6.07, 6.45) is 1.23. The Labute approximate surface area is 121 Å². The Hall–Kier alpha value is -1.89. The molecule has 1 aliphatic rings. The van der Waals surface area contributed by atoms with Gasteiger partial charge in [0.05, 0.1) is 6.54 Å². The first kappa shape index (κ1) is 14.5. The van der Waals surface area contributed by atoms with Crippen LogP contribution in [0.25, 0.3) is 0 Å². The van der Waals surface area contributed by atoms with Crippen LogP contribution in [0.15, 0.2) is 12.1 Å². The van der Waals surface area contributed by atoms with E-state index >= 15 is 0 Å². The van der Waals surface area contributed by atoms with Crippen molar-refractivity contribution < 1.29 is 14.4 Å². The molecule has 1 aromatic rings. The van der Waals surface area contributed by atoms with Gasteiger partial charge in [0, 0.05) is 22.7 Å². The monoisotopic (exact) mass is 295 g/mol. The van der Waals surface area contributed by atoms with Crippen LogP contribution in [0.4, 0.5) is 4.79 Å². The molecule has 4 amide bonds. The lowest BCUT2D eigenvalue weighted by molar-refractivity contribution is -0.125. The van der Waals surface area contributed by atoms with Gasteiger partial charge in [-0.25, -0.2) is 4.79 Å².